The van der Waals surface area contributed by atoms with Crippen LogP contribution in [0.25, 0.3) is 0 Å². The fourth-order valence-corrected chi connectivity index (χ4v) is 2.34. The predicted molar refractivity (Wildman–Crippen MR) is 107 cm³/mol. The highest BCUT2D eigenvalue weighted by atomic mass is 16.6. The third kappa shape index (κ3) is 8.50. The van der Waals surface area contributed by atoms with E-state index in [1.54, 1.807) is 24.3 Å². The van der Waals surface area contributed by atoms with Gasteiger partial charge in [-0.15, -0.1) is 0 Å². The first-order valence-electron chi connectivity index (χ1n) is 9.47. The van der Waals surface area contributed by atoms with E-state index >= 15 is 0 Å². The number of rotatable bonds is 13. The molecule has 2 aromatic rings. The Kier molecular flexibility index (Phi) is 9.28. The maximum Gasteiger partial charge on any atom is 0.344 e. The van der Waals surface area contributed by atoms with Gasteiger partial charge in [0.25, 0.3) is 5.69 Å². The molecule has 0 saturated carbocycles. The number of ether oxygens (including phenoxy) is 4. The largest absolute Gasteiger partial charge is 0.494 e. The van der Waals surface area contributed by atoms with Crippen LogP contribution in [0.15, 0.2) is 48.5 Å². The Labute approximate surface area is 169 Å². The Hall–Kier alpha value is -3.29. The Morgan fingerprint density at radius 1 is 0.828 bits per heavy atom. The number of nitro groups is 1. The van der Waals surface area contributed by atoms with E-state index in [4.69, 9.17) is 18.9 Å². The smallest absolute Gasteiger partial charge is 0.344 e. The number of carbonyl (C=O) groups is 1. The number of nitro benzene ring substituents is 1. The molecule has 0 N–H and O–H groups in total. The number of benzene rings is 2. The van der Waals surface area contributed by atoms with Gasteiger partial charge >= 0.3 is 5.97 Å². The number of esters is 1. The summed E-state index contributed by atoms with van der Waals surface area (Å²) in [5.41, 5.74) is -0.0167. The number of hydrogen-bond donors (Lipinski definition) is 0. The van der Waals surface area contributed by atoms with Gasteiger partial charge in [0.2, 0.25) is 0 Å². The molecule has 2 aromatic carbocycles. The molecule has 0 aromatic heterocycles. The summed E-state index contributed by atoms with van der Waals surface area (Å²) in [4.78, 5) is 21.8. The Bertz CT molecular complexity index is 760. The van der Waals surface area contributed by atoms with Crippen molar-refractivity contribution < 1.29 is 28.7 Å². The molecule has 0 aliphatic heterocycles. The monoisotopic (exact) mass is 403 g/mol. The molecule has 0 fully saturated rings. The van der Waals surface area contributed by atoms with Gasteiger partial charge in [-0.05, 0) is 42.8 Å². The van der Waals surface area contributed by atoms with Crippen molar-refractivity contribution in [1.82, 2.24) is 0 Å². The molecule has 0 amide bonds. The van der Waals surface area contributed by atoms with Crippen LogP contribution < -0.4 is 14.2 Å². The van der Waals surface area contributed by atoms with Crippen molar-refractivity contribution in [2.45, 2.75) is 26.2 Å². The molecule has 0 aliphatic carbocycles. The van der Waals surface area contributed by atoms with Crippen LogP contribution >= 0.6 is 0 Å². The lowest BCUT2D eigenvalue weighted by Gasteiger charge is -2.09. The average Bonchev–Trinajstić information content (AvgIpc) is 2.74. The van der Waals surface area contributed by atoms with Crippen molar-refractivity contribution in [3.63, 3.8) is 0 Å². The van der Waals surface area contributed by atoms with Gasteiger partial charge in [0.15, 0.2) is 6.61 Å². The summed E-state index contributed by atoms with van der Waals surface area (Å²) in [6, 6.07) is 12.7. The Balaban J connectivity index is 1.60. The van der Waals surface area contributed by atoms with Crippen LogP contribution in [0.3, 0.4) is 0 Å². The number of nitrogens with zero attached hydrogens (tertiary/aromatic N) is 1. The van der Waals surface area contributed by atoms with Crippen LogP contribution in [-0.2, 0) is 9.53 Å². The standard InChI is InChI=1S/C21H25NO7/c1-2-3-4-13-26-19-9-11-20(12-10-19)29-16-21(23)28-15-14-27-18-7-5-17(6-8-18)22(24)25/h5-12H,2-4,13-16H2,1H3. The second-order valence-corrected chi connectivity index (χ2v) is 6.14. The minimum absolute atomic E-state index is 0.0167. The van der Waals surface area contributed by atoms with Crippen molar-refractivity contribution in [2.24, 2.45) is 0 Å². The summed E-state index contributed by atoms with van der Waals surface area (Å²) in [5.74, 6) is 1.25. The first kappa shape index (κ1) is 22.0. The minimum Gasteiger partial charge on any atom is -0.494 e. The molecule has 2 rings (SSSR count). The van der Waals surface area contributed by atoms with E-state index in [1.807, 2.05) is 0 Å². The topological polar surface area (TPSA) is 97.1 Å². The van der Waals surface area contributed by atoms with E-state index in [9.17, 15) is 14.9 Å². The third-order valence-corrected chi connectivity index (χ3v) is 3.86. The molecule has 8 nitrogen and oxygen atoms in total. The molecule has 0 aliphatic rings. The van der Waals surface area contributed by atoms with Gasteiger partial charge in [-0.2, -0.15) is 0 Å². The first-order valence-corrected chi connectivity index (χ1v) is 9.47. The van der Waals surface area contributed by atoms with Crippen LogP contribution in [0.2, 0.25) is 0 Å². The summed E-state index contributed by atoms with van der Waals surface area (Å²) in [5, 5.41) is 10.6. The molecule has 0 unspecified atom stereocenters. The lowest BCUT2D eigenvalue weighted by Crippen LogP contribution is -2.18. The average molecular weight is 403 g/mol. The number of hydrogen-bond acceptors (Lipinski definition) is 7. The summed E-state index contributed by atoms with van der Waals surface area (Å²) < 4.78 is 21.4. The molecule has 0 heterocycles. The van der Waals surface area contributed by atoms with Crippen LogP contribution in [0.5, 0.6) is 17.2 Å². The zero-order valence-electron chi connectivity index (χ0n) is 16.4. The maximum absolute atomic E-state index is 11.7. The van der Waals surface area contributed by atoms with Gasteiger partial charge in [-0.25, -0.2) is 4.79 Å². The lowest BCUT2D eigenvalue weighted by atomic mass is 10.3. The SMILES string of the molecule is CCCCCOc1ccc(OCC(=O)OCCOc2ccc([N+](=O)[O-])cc2)cc1. The summed E-state index contributed by atoms with van der Waals surface area (Å²) >= 11 is 0. The molecule has 156 valence electrons. The maximum atomic E-state index is 11.7. The van der Waals surface area contributed by atoms with Crippen molar-refractivity contribution >= 4 is 11.7 Å². The molecule has 0 radical (unpaired) electrons. The van der Waals surface area contributed by atoms with E-state index in [1.165, 1.54) is 24.3 Å². The van der Waals surface area contributed by atoms with Gasteiger partial charge in [0, 0.05) is 12.1 Å². The van der Waals surface area contributed by atoms with Gasteiger partial charge in [-0.1, -0.05) is 19.8 Å². The van der Waals surface area contributed by atoms with Crippen molar-refractivity contribution in [2.75, 3.05) is 26.4 Å². The van der Waals surface area contributed by atoms with Gasteiger partial charge < -0.3 is 18.9 Å². The number of carbonyl (C=O) groups excluding carboxylic acids is 1. The Morgan fingerprint density at radius 2 is 1.38 bits per heavy atom. The van der Waals surface area contributed by atoms with Gasteiger partial charge in [0.1, 0.15) is 30.5 Å². The number of non-ortho nitro benzene ring substituents is 1. The van der Waals surface area contributed by atoms with E-state index in [0.29, 0.717) is 18.1 Å². The van der Waals surface area contributed by atoms with Gasteiger partial charge in [-0.3, -0.25) is 10.1 Å². The predicted octanol–water partition coefficient (Wildman–Crippen LogP) is 4.16. The highest BCUT2D eigenvalue weighted by Gasteiger charge is 2.06. The number of unbranched alkanes of at least 4 members (excludes halogenated alkanes) is 2. The van der Waals surface area contributed by atoms with Gasteiger partial charge in [0.05, 0.1) is 11.5 Å². The fourth-order valence-electron chi connectivity index (χ4n) is 2.34. The fraction of sp³-hybridized carbons (Fsp3) is 0.381. The highest BCUT2D eigenvalue weighted by Crippen LogP contribution is 2.18. The molecule has 0 saturated heterocycles. The first-order chi connectivity index (χ1) is 14.1. The summed E-state index contributed by atoms with van der Waals surface area (Å²) in [6.45, 7) is 2.79. The van der Waals surface area contributed by atoms with E-state index < -0.39 is 10.9 Å². The van der Waals surface area contributed by atoms with Crippen LogP contribution in [0, 0.1) is 10.1 Å². The van der Waals surface area contributed by atoms with E-state index in [0.717, 1.165) is 25.0 Å². The Morgan fingerprint density at radius 3 is 1.97 bits per heavy atom. The molecular formula is C21H25NO7. The zero-order valence-corrected chi connectivity index (χ0v) is 16.4. The molecule has 0 bridgehead atoms. The van der Waals surface area contributed by atoms with E-state index in [2.05, 4.69) is 6.92 Å². The van der Waals surface area contributed by atoms with Crippen LogP contribution in [0.4, 0.5) is 5.69 Å². The summed E-state index contributed by atoms with van der Waals surface area (Å²) in [6.07, 6.45) is 3.31. The quantitative estimate of drug-likeness (QED) is 0.214. The van der Waals surface area contributed by atoms with Crippen LogP contribution in [0.1, 0.15) is 26.2 Å². The highest BCUT2D eigenvalue weighted by molar-refractivity contribution is 5.71. The molecular weight excluding hydrogens is 378 g/mol. The lowest BCUT2D eigenvalue weighted by molar-refractivity contribution is -0.384. The van der Waals surface area contributed by atoms with Crippen LogP contribution in [-0.4, -0.2) is 37.3 Å². The molecule has 0 atom stereocenters. The molecule has 29 heavy (non-hydrogen) atoms. The molecule has 0 spiro atoms. The van der Waals surface area contributed by atoms with E-state index in [-0.39, 0.29) is 25.5 Å². The van der Waals surface area contributed by atoms with Crippen molar-refractivity contribution in [3.05, 3.63) is 58.6 Å². The second kappa shape index (κ2) is 12.2. The second-order valence-electron chi connectivity index (χ2n) is 6.14. The van der Waals surface area contributed by atoms with Crippen molar-refractivity contribution in [3.8, 4) is 17.2 Å². The third-order valence-electron chi connectivity index (χ3n) is 3.86. The molecule has 8 heteroatoms. The normalized spacial score (nSPS) is 10.2. The zero-order chi connectivity index (χ0) is 20.9. The minimum atomic E-state index is -0.516. The summed E-state index contributed by atoms with van der Waals surface area (Å²) in [7, 11) is 0. The van der Waals surface area contributed by atoms with Crippen molar-refractivity contribution in [1.29, 1.82) is 0 Å².